The van der Waals surface area contributed by atoms with Crippen LogP contribution in [0.4, 0.5) is 0 Å². The van der Waals surface area contributed by atoms with Crippen LogP contribution in [0, 0.1) is 0 Å². The zero-order chi connectivity index (χ0) is 13.7. The van der Waals surface area contributed by atoms with Gasteiger partial charge in [0.1, 0.15) is 12.2 Å². The quantitative estimate of drug-likeness (QED) is 0.608. The zero-order valence-electron chi connectivity index (χ0n) is 12.9. The van der Waals surface area contributed by atoms with Crippen LogP contribution in [-0.2, 0) is 5.41 Å². The molecule has 3 nitrogen and oxygen atoms in total. The highest BCUT2D eigenvalue weighted by atomic mass is 15.4. The van der Waals surface area contributed by atoms with E-state index in [0.29, 0.717) is 6.04 Å². The summed E-state index contributed by atoms with van der Waals surface area (Å²) < 4.78 is 2.22. The first-order valence-corrected chi connectivity index (χ1v) is 8.11. The molecule has 0 amide bonds. The molecule has 1 saturated carbocycles. The minimum atomic E-state index is 0.226. The molecule has 0 radical (unpaired) electrons. The maximum atomic E-state index is 4.63. The SMILES string of the molecule is CCCCCC(C)(CCCC)c1ncnn1C1CC1. The van der Waals surface area contributed by atoms with Gasteiger partial charge in [0.2, 0.25) is 0 Å². The highest BCUT2D eigenvalue weighted by Crippen LogP contribution is 2.40. The van der Waals surface area contributed by atoms with Crippen LogP contribution >= 0.6 is 0 Å². The van der Waals surface area contributed by atoms with Gasteiger partial charge in [0.05, 0.1) is 6.04 Å². The van der Waals surface area contributed by atoms with Gasteiger partial charge in [-0.15, -0.1) is 0 Å². The molecule has 1 aliphatic rings. The van der Waals surface area contributed by atoms with Crippen molar-refractivity contribution in [3.05, 3.63) is 12.2 Å². The maximum Gasteiger partial charge on any atom is 0.138 e. The van der Waals surface area contributed by atoms with E-state index in [2.05, 4.69) is 35.5 Å². The maximum absolute atomic E-state index is 4.63. The normalized spacial score (nSPS) is 18.5. The molecular formula is C16H29N3. The average Bonchev–Trinajstić information content (AvgIpc) is 3.14. The first-order valence-electron chi connectivity index (χ1n) is 8.11. The minimum Gasteiger partial charge on any atom is -0.246 e. The van der Waals surface area contributed by atoms with Gasteiger partial charge in [0.15, 0.2) is 0 Å². The van der Waals surface area contributed by atoms with E-state index in [1.165, 1.54) is 63.6 Å². The van der Waals surface area contributed by atoms with E-state index in [0.717, 1.165) is 0 Å². The van der Waals surface area contributed by atoms with Crippen LogP contribution in [-0.4, -0.2) is 14.8 Å². The van der Waals surface area contributed by atoms with Crippen molar-refractivity contribution in [3.8, 4) is 0 Å². The van der Waals surface area contributed by atoms with Crippen molar-refractivity contribution in [3.63, 3.8) is 0 Å². The van der Waals surface area contributed by atoms with Crippen LogP contribution in [0.2, 0.25) is 0 Å². The van der Waals surface area contributed by atoms with E-state index in [1.54, 1.807) is 6.33 Å². The molecule has 1 aromatic rings. The predicted molar refractivity (Wildman–Crippen MR) is 79.3 cm³/mol. The van der Waals surface area contributed by atoms with E-state index < -0.39 is 0 Å². The number of unbranched alkanes of at least 4 members (excludes halogenated alkanes) is 3. The van der Waals surface area contributed by atoms with Gasteiger partial charge < -0.3 is 0 Å². The second-order valence-electron chi connectivity index (χ2n) is 6.38. The lowest BCUT2D eigenvalue weighted by Crippen LogP contribution is -2.27. The first-order chi connectivity index (χ1) is 9.21. The fourth-order valence-corrected chi connectivity index (χ4v) is 2.95. The van der Waals surface area contributed by atoms with Crippen molar-refractivity contribution in [2.45, 2.75) is 90.0 Å². The molecule has 0 N–H and O–H groups in total. The zero-order valence-corrected chi connectivity index (χ0v) is 12.9. The Labute approximate surface area is 117 Å². The third-order valence-electron chi connectivity index (χ3n) is 4.42. The standard InChI is InChI=1S/C16H29N3/c1-4-6-8-12-16(3,11-7-5-2)15-17-13-18-19(15)14-9-10-14/h13-14H,4-12H2,1-3H3. The summed E-state index contributed by atoms with van der Waals surface area (Å²) in [6.45, 7) is 6.95. The van der Waals surface area contributed by atoms with Crippen molar-refractivity contribution >= 4 is 0 Å². The molecular weight excluding hydrogens is 234 g/mol. The van der Waals surface area contributed by atoms with Crippen molar-refractivity contribution in [2.75, 3.05) is 0 Å². The summed E-state index contributed by atoms with van der Waals surface area (Å²) in [5.74, 6) is 1.25. The Morgan fingerprint density at radius 1 is 1.16 bits per heavy atom. The van der Waals surface area contributed by atoms with Crippen LogP contribution in [0.25, 0.3) is 0 Å². The average molecular weight is 263 g/mol. The Hall–Kier alpha value is -0.860. The summed E-state index contributed by atoms with van der Waals surface area (Å²) in [6, 6.07) is 0.643. The van der Waals surface area contributed by atoms with Gasteiger partial charge in [0, 0.05) is 5.41 Å². The van der Waals surface area contributed by atoms with Gasteiger partial charge in [0.25, 0.3) is 0 Å². The van der Waals surface area contributed by atoms with Gasteiger partial charge in [-0.2, -0.15) is 5.10 Å². The summed E-state index contributed by atoms with van der Waals surface area (Å²) in [7, 11) is 0. The van der Waals surface area contributed by atoms with Crippen LogP contribution in [0.1, 0.15) is 90.4 Å². The Balaban J connectivity index is 2.12. The van der Waals surface area contributed by atoms with Gasteiger partial charge in [-0.25, -0.2) is 9.67 Å². The molecule has 108 valence electrons. The molecule has 1 aliphatic carbocycles. The molecule has 3 heteroatoms. The van der Waals surface area contributed by atoms with Gasteiger partial charge in [-0.3, -0.25) is 0 Å². The van der Waals surface area contributed by atoms with Crippen molar-refractivity contribution in [1.82, 2.24) is 14.8 Å². The van der Waals surface area contributed by atoms with Crippen molar-refractivity contribution < 1.29 is 0 Å². The molecule has 0 bridgehead atoms. The lowest BCUT2D eigenvalue weighted by atomic mass is 9.79. The van der Waals surface area contributed by atoms with Crippen molar-refractivity contribution in [1.29, 1.82) is 0 Å². The molecule has 1 aromatic heterocycles. The summed E-state index contributed by atoms with van der Waals surface area (Å²) in [5.41, 5.74) is 0.226. The van der Waals surface area contributed by atoms with Crippen LogP contribution in [0.5, 0.6) is 0 Å². The van der Waals surface area contributed by atoms with Gasteiger partial charge >= 0.3 is 0 Å². The second kappa shape index (κ2) is 6.53. The second-order valence-corrected chi connectivity index (χ2v) is 6.38. The fourth-order valence-electron chi connectivity index (χ4n) is 2.95. The van der Waals surface area contributed by atoms with E-state index in [9.17, 15) is 0 Å². The molecule has 1 fully saturated rings. The number of hydrogen-bond acceptors (Lipinski definition) is 2. The van der Waals surface area contributed by atoms with E-state index >= 15 is 0 Å². The van der Waals surface area contributed by atoms with E-state index in [-0.39, 0.29) is 5.41 Å². The smallest absolute Gasteiger partial charge is 0.138 e. The van der Waals surface area contributed by atoms with Gasteiger partial charge in [-0.05, 0) is 25.7 Å². The number of rotatable bonds is 9. The Kier molecular flexibility index (Phi) is 5.00. The lowest BCUT2D eigenvalue weighted by Gasteiger charge is -2.29. The van der Waals surface area contributed by atoms with E-state index in [1.807, 2.05) is 0 Å². The first kappa shape index (κ1) is 14.5. The van der Waals surface area contributed by atoms with Crippen molar-refractivity contribution in [2.24, 2.45) is 0 Å². The topological polar surface area (TPSA) is 30.7 Å². The summed E-state index contributed by atoms with van der Waals surface area (Å²) >= 11 is 0. The summed E-state index contributed by atoms with van der Waals surface area (Å²) in [5, 5.41) is 4.49. The number of hydrogen-bond donors (Lipinski definition) is 0. The molecule has 0 aliphatic heterocycles. The highest BCUT2D eigenvalue weighted by Gasteiger charge is 2.35. The third kappa shape index (κ3) is 3.58. The van der Waals surface area contributed by atoms with Crippen LogP contribution < -0.4 is 0 Å². The Bertz CT molecular complexity index is 381. The highest BCUT2D eigenvalue weighted by molar-refractivity contribution is 5.08. The molecule has 0 aromatic carbocycles. The molecule has 1 atom stereocenters. The predicted octanol–water partition coefficient (Wildman–Crippen LogP) is 4.64. The van der Waals surface area contributed by atoms with E-state index in [4.69, 9.17) is 0 Å². The molecule has 2 rings (SSSR count). The molecule has 1 heterocycles. The third-order valence-corrected chi connectivity index (χ3v) is 4.42. The van der Waals surface area contributed by atoms with Gasteiger partial charge in [-0.1, -0.05) is 52.9 Å². The van der Waals surface area contributed by atoms with Crippen LogP contribution in [0.15, 0.2) is 6.33 Å². The Morgan fingerprint density at radius 3 is 2.47 bits per heavy atom. The molecule has 19 heavy (non-hydrogen) atoms. The summed E-state index contributed by atoms with van der Waals surface area (Å²) in [4.78, 5) is 4.63. The monoisotopic (exact) mass is 263 g/mol. The Morgan fingerprint density at radius 2 is 1.84 bits per heavy atom. The molecule has 0 saturated heterocycles. The number of nitrogens with zero attached hydrogens (tertiary/aromatic N) is 3. The minimum absolute atomic E-state index is 0.226. The van der Waals surface area contributed by atoms with Crippen LogP contribution in [0.3, 0.4) is 0 Å². The molecule has 1 unspecified atom stereocenters. The summed E-state index contributed by atoms with van der Waals surface area (Å²) in [6.07, 6.45) is 13.3. The fraction of sp³-hybridized carbons (Fsp3) is 0.875. The number of aromatic nitrogens is 3. The lowest BCUT2D eigenvalue weighted by molar-refractivity contribution is 0.332. The molecule has 0 spiro atoms. The largest absolute Gasteiger partial charge is 0.246 e.